The van der Waals surface area contributed by atoms with Gasteiger partial charge in [0.2, 0.25) is 0 Å². The van der Waals surface area contributed by atoms with Crippen LogP contribution in [0.5, 0.6) is 0 Å². The van der Waals surface area contributed by atoms with Crippen molar-refractivity contribution in [1.82, 2.24) is 9.88 Å². The Kier molecular flexibility index (Phi) is 5.48. The van der Waals surface area contributed by atoms with Crippen molar-refractivity contribution in [3.63, 3.8) is 0 Å². The molecule has 0 saturated carbocycles. The molecule has 1 rings (SSSR count). The third-order valence-corrected chi connectivity index (χ3v) is 2.74. The summed E-state index contributed by atoms with van der Waals surface area (Å²) < 4.78 is 2.34. The highest BCUT2D eigenvalue weighted by atomic mass is 15.0. The van der Waals surface area contributed by atoms with Crippen molar-refractivity contribution in [2.45, 2.75) is 59.2 Å². The second-order valence-corrected chi connectivity index (χ2v) is 4.26. The first-order valence-corrected chi connectivity index (χ1v) is 6.15. The van der Waals surface area contributed by atoms with Crippen LogP contribution < -0.4 is 5.32 Å². The highest BCUT2D eigenvalue weighted by molar-refractivity contribution is 5.06. The maximum absolute atomic E-state index is 3.56. The van der Waals surface area contributed by atoms with Crippen molar-refractivity contribution < 1.29 is 0 Å². The first-order valence-electron chi connectivity index (χ1n) is 6.15. The second kappa shape index (κ2) is 6.67. The minimum atomic E-state index is 0.625. The van der Waals surface area contributed by atoms with Gasteiger partial charge in [-0.15, -0.1) is 0 Å². The van der Waals surface area contributed by atoms with E-state index in [4.69, 9.17) is 0 Å². The minimum absolute atomic E-state index is 0.625. The van der Waals surface area contributed by atoms with Gasteiger partial charge in [-0.3, -0.25) is 0 Å². The zero-order valence-corrected chi connectivity index (χ0v) is 10.3. The van der Waals surface area contributed by atoms with E-state index in [9.17, 15) is 0 Å². The van der Waals surface area contributed by atoms with Crippen LogP contribution in [0.3, 0.4) is 0 Å². The molecule has 1 N–H and O–H groups in total. The molecule has 0 aromatic carbocycles. The summed E-state index contributed by atoms with van der Waals surface area (Å²) in [6.07, 6.45) is 5.88. The largest absolute Gasteiger partial charge is 0.350 e. The summed E-state index contributed by atoms with van der Waals surface area (Å²) in [5.74, 6) is 0. The number of hydrogen-bond acceptors (Lipinski definition) is 1. The van der Waals surface area contributed by atoms with Gasteiger partial charge in [-0.05, 0) is 31.9 Å². The third-order valence-electron chi connectivity index (χ3n) is 2.74. The van der Waals surface area contributed by atoms with Gasteiger partial charge in [-0.25, -0.2) is 0 Å². The van der Waals surface area contributed by atoms with Gasteiger partial charge in [0.15, 0.2) is 0 Å². The van der Waals surface area contributed by atoms with E-state index in [1.165, 1.54) is 25.0 Å². The molecule has 2 heteroatoms. The predicted molar refractivity (Wildman–Crippen MR) is 65.9 cm³/mol. The van der Waals surface area contributed by atoms with Crippen LogP contribution >= 0.6 is 0 Å². The van der Waals surface area contributed by atoms with E-state index in [0.29, 0.717) is 6.04 Å². The molecule has 1 unspecified atom stereocenters. The maximum atomic E-state index is 3.56. The van der Waals surface area contributed by atoms with E-state index < -0.39 is 0 Å². The standard InChI is InChI=1S/C13H24N2/c1-4-7-12(3)14-11-13-8-6-10-15(13)9-5-2/h6,8,10,12,14H,4-5,7,9,11H2,1-3H3. The van der Waals surface area contributed by atoms with Crippen LogP contribution in [0.25, 0.3) is 0 Å². The van der Waals surface area contributed by atoms with Crippen LogP contribution in [-0.4, -0.2) is 10.6 Å². The van der Waals surface area contributed by atoms with Gasteiger partial charge in [0, 0.05) is 31.0 Å². The number of hydrogen-bond donors (Lipinski definition) is 1. The molecule has 2 nitrogen and oxygen atoms in total. The van der Waals surface area contributed by atoms with Crippen molar-refractivity contribution >= 4 is 0 Å². The van der Waals surface area contributed by atoms with Crippen molar-refractivity contribution in [2.75, 3.05) is 0 Å². The number of rotatable bonds is 7. The van der Waals surface area contributed by atoms with Crippen molar-refractivity contribution in [1.29, 1.82) is 0 Å². The molecular weight excluding hydrogens is 184 g/mol. The summed E-state index contributed by atoms with van der Waals surface area (Å²) in [5, 5.41) is 3.56. The molecule has 0 fully saturated rings. The maximum Gasteiger partial charge on any atom is 0.0361 e. The summed E-state index contributed by atoms with van der Waals surface area (Å²) in [7, 11) is 0. The monoisotopic (exact) mass is 208 g/mol. The Bertz CT molecular complexity index is 265. The average Bonchev–Trinajstić information content (AvgIpc) is 2.64. The van der Waals surface area contributed by atoms with Crippen LogP contribution in [0, 0.1) is 0 Å². The van der Waals surface area contributed by atoms with Crippen molar-refractivity contribution in [3.8, 4) is 0 Å². The Morgan fingerprint density at radius 1 is 1.33 bits per heavy atom. The highest BCUT2D eigenvalue weighted by Gasteiger charge is 2.02. The fourth-order valence-corrected chi connectivity index (χ4v) is 1.88. The van der Waals surface area contributed by atoms with Gasteiger partial charge in [0.1, 0.15) is 0 Å². The van der Waals surface area contributed by atoms with E-state index in [1.54, 1.807) is 0 Å². The van der Waals surface area contributed by atoms with E-state index >= 15 is 0 Å². The molecule has 0 aliphatic heterocycles. The van der Waals surface area contributed by atoms with Crippen LogP contribution in [0.2, 0.25) is 0 Å². The highest BCUT2D eigenvalue weighted by Crippen LogP contribution is 2.04. The Morgan fingerprint density at radius 2 is 2.13 bits per heavy atom. The average molecular weight is 208 g/mol. The number of nitrogens with one attached hydrogen (secondary N) is 1. The Morgan fingerprint density at radius 3 is 2.80 bits per heavy atom. The molecule has 0 aliphatic carbocycles. The molecule has 0 amide bonds. The van der Waals surface area contributed by atoms with Crippen molar-refractivity contribution in [3.05, 3.63) is 24.0 Å². The van der Waals surface area contributed by atoms with E-state index in [-0.39, 0.29) is 0 Å². The molecule has 0 bridgehead atoms. The lowest BCUT2D eigenvalue weighted by molar-refractivity contribution is 0.492. The zero-order chi connectivity index (χ0) is 11.1. The summed E-state index contributed by atoms with van der Waals surface area (Å²) in [6.45, 7) is 8.84. The van der Waals surface area contributed by atoms with Crippen LogP contribution in [-0.2, 0) is 13.1 Å². The molecule has 0 saturated heterocycles. The molecule has 1 heterocycles. The molecule has 1 aromatic heterocycles. The van der Waals surface area contributed by atoms with E-state index in [2.05, 4.69) is 49.0 Å². The quantitative estimate of drug-likeness (QED) is 0.728. The third kappa shape index (κ3) is 4.08. The zero-order valence-electron chi connectivity index (χ0n) is 10.3. The van der Waals surface area contributed by atoms with Crippen LogP contribution in [0.4, 0.5) is 0 Å². The van der Waals surface area contributed by atoms with E-state index in [0.717, 1.165) is 13.1 Å². The van der Waals surface area contributed by atoms with Crippen LogP contribution in [0.15, 0.2) is 18.3 Å². The number of aryl methyl sites for hydroxylation is 1. The van der Waals surface area contributed by atoms with Gasteiger partial charge in [-0.2, -0.15) is 0 Å². The molecule has 0 spiro atoms. The lowest BCUT2D eigenvalue weighted by Crippen LogP contribution is -2.26. The smallest absolute Gasteiger partial charge is 0.0361 e. The Labute approximate surface area is 93.7 Å². The topological polar surface area (TPSA) is 17.0 Å². The lowest BCUT2D eigenvalue weighted by atomic mass is 10.2. The summed E-state index contributed by atoms with van der Waals surface area (Å²) in [5.41, 5.74) is 1.40. The first-order chi connectivity index (χ1) is 7.27. The second-order valence-electron chi connectivity index (χ2n) is 4.26. The minimum Gasteiger partial charge on any atom is -0.350 e. The number of nitrogens with zero attached hydrogens (tertiary/aromatic N) is 1. The molecule has 1 aromatic rings. The SMILES string of the molecule is CCCC(C)NCc1cccn1CCC. The van der Waals surface area contributed by atoms with E-state index in [1.807, 2.05) is 0 Å². The molecule has 0 aliphatic rings. The molecule has 86 valence electrons. The fraction of sp³-hybridized carbons (Fsp3) is 0.692. The van der Waals surface area contributed by atoms with Gasteiger partial charge in [0.25, 0.3) is 0 Å². The Hall–Kier alpha value is -0.760. The summed E-state index contributed by atoms with van der Waals surface area (Å²) in [6, 6.07) is 4.97. The van der Waals surface area contributed by atoms with Gasteiger partial charge in [0.05, 0.1) is 0 Å². The lowest BCUT2D eigenvalue weighted by Gasteiger charge is -2.14. The van der Waals surface area contributed by atoms with Crippen LogP contribution in [0.1, 0.15) is 45.7 Å². The van der Waals surface area contributed by atoms with Gasteiger partial charge < -0.3 is 9.88 Å². The van der Waals surface area contributed by atoms with Gasteiger partial charge >= 0.3 is 0 Å². The number of aromatic nitrogens is 1. The predicted octanol–water partition coefficient (Wildman–Crippen LogP) is 3.18. The molecule has 0 radical (unpaired) electrons. The molecule has 15 heavy (non-hydrogen) atoms. The Balaban J connectivity index is 2.39. The first kappa shape index (κ1) is 12.3. The molecular formula is C13H24N2. The van der Waals surface area contributed by atoms with Gasteiger partial charge in [-0.1, -0.05) is 20.3 Å². The normalized spacial score (nSPS) is 13.0. The fourth-order valence-electron chi connectivity index (χ4n) is 1.88. The summed E-state index contributed by atoms with van der Waals surface area (Å²) >= 11 is 0. The van der Waals surface area contributed by atoms with Crippen molar-refractivity contribution in [2.24, 2.45) is 0 Å². The molecule has 1 atom stereocenters. The summed E-state index contributed by atoms with van der Waals surface area (Å²) in [4.78, 5) is 0.